The Balaban J connectivity index is 1.88. The minimum absolute atomic E-state index is 0.0589. The molecule has 0 aromatic heterocycles. The van der Waals surface area contributed by atoms with E-state index in [-0.39, 0.29) is 12.5 Å². The van der Waals surface area contributed by atoms with Crippen molar-refractivity contribution in [2.75, 3.05) is 19.0 Å². The first kappa shape index (κ1) is 13.7. The van der Waals surface area contributed by atoms with Gasteiger partial charge in [-0.15, -0.1) is 0 Å². The monoisotopic (exact) mass is 262 g/mol. The number of anilines is 1. The maximum atomic E-state index is 11.1. The largest absolute Gasteiger partial charge is 0.484 e. The van der Waals surface area contributed by atoms with E-state index >= 15 is 0 Å². The van der Waals surface area contributed by atoms with E-state index in [9.17, 15) is 4.79 Å². The first-order valence-electron chi connectivity index (χ1n) is 6.98. The highest BCUT2D eigenvalue weighted by Gasteiger charge is 2.13. The van der Waals surface area contributed by atoms with Crippen molar-refractivity contribution < 1.29 is 9.53 Å². The molecule has 0 atom stereocenters. The lowest BCUT2D eigenvalue weighted by Crippen LogP contribution is -2.25. The summed E-state index contributed by atoms with van der Waals surface area (Å²) in [4.78, 5) is 11.1. The molecule has 0 spiro atoms. The first-order valence-corrected chi connectivity index (χ1v) is 6.98. The average Bonchev–Trinajstić information content (AvgIpc) is 2.46. The summed E-state index contributed by atoms with van der Waals surface area (Å²) in [5, 5.41) is 6.08. The van der Waals surface area contributed by atoms with Crippen LogP contribution >= 0.6 is 0 Å². The number of rotatable bonds is 5. The van der Waals surface area contributed by atoms with Crippen LogP contribution in [0.2, 0.25) is 0 Å². The fourth-order valence-electron chi connectivity index (χ4n) is 2.38. The fraction of sp³-hybridized carbons (Fsp3) is 0.533. The molecule has 0 aliphatic heterocycles. The van der Waals surface area contributed by atoms with E-state index in [4.69, 9.17) is 4.74 Å². The number of carbonyl (C=O) groups is 1. The highest BCUT2D eigenvalue weighted by atomic mass is 16.5. The third-order valence-corrected chi connectivity index (χ3v) is 3.46. The maximum Gasteiger partial charge on any atom is 0.257 e. The molecule has 1 aliphatic rings. The summed E-state index contributed by atoms with van der Waals surface area (Å²) < 4.78 is 5.44. The van der Waals surface area contributed by atoms with E-state index in [0.717, 1.165) is 11.4 Å². The molecule has 4 nitrogen and oxygen atoms in total. The Bertz CT molecular complexity index is 414. The molecule has 4 heteroatoms. The quantitative estimate of drug-likeness (QED) is 0.857. The van der Waals surface area contributed by atoms with E-state index in [1.807, 2.05) is 24.3 Å². The summed E-state index contributed by atoms with van der Waals surface area (Å²) in [6, 6.07) is 8.39. The molecular formula is C15H22N2O2. The normalized spacial score (nSPS) is 15.8. The third-order valence-electron chi connectivity index (χ3n) is 3.46. The van der Waals surface area contributed by atoms with Gasteiger partial charge in [0.25, 0.3) is 5.91 Å². The second kappa shape index (κ2) is 7.02. The van der Waals surface area contributed by atoms with Gasteiger partial charge in [-0.1, -0.05) is 25.3 Å². The zero-order valence-electron chi connectivity index (χ0n) is 11.4. The van der Waals surface area contributed by atoms with Gasteiger partial charge in [-0.3, -0.25) is 4.79 Å². The second-order valence-corrected chi connectivity index (χ2v) is 4.97. The van der Waals surface area contributed by atoms with Gasteiger partial charge in [0, 0.05) is 24.8 Å². The highest BCUT2D eigenvalue weighted by Crippen LogP contribution is 2.23. The van der Waals surface area contributed by atoms with Crippen molar-refractivity contribution in [3.05, 3.63) is 24.3 Å². The van der Waals surface area contributed by atoms with Crippen LogP contribution in [-0.4, -0.2) is 25.6 Å². The van der Waals surface area contributed by atoms with Crippen molar-refractivity contribution in [2.45, 2.75) is 38.1 Å². The van der Waals surface area contributed by atoms with Crippen molar-refractivity contribution in [2.24, 2.45) is 0 Å². The number of carbonyl (C=O) groups excluding carboxylic acids is 1. The van der Waals surface area contributed by atoms with Crippen molar-refractivity contribution in [3.63, 3.8) is 0 Å². The molecule has 1 aliphatic carbocycles. The van der Waals surface area contributed by atoms with Crippen molar-refractivity contribution in [1.82, 2.24) is 5.32 Å². The molecule has 2 rings (SSSR count). The number of benzene rings is 1. The molecule has 1 fully saturated rings. The van der Waals surface area contributed by atoms with Crippen LogP contribution in [-0.2, 0) is 4.79 Å². The minimum atomic E-state index is -0.120. The molecule has 2 N–H and O–H groups in total. The molecule has 0 bridgehead atoms. The summed E-state index contributed by atoms with van der Waals surface area (Å²) in [6.07, 6.45) is 6.45. The van der Waals surface area contributed by atoms with Crippen LogP contribution in [0.3, 0.4) is 0 Å². The Morgan fingerprint density at radius 2 is 2.11 bits per heavy atom. The van der Waals surface area contributed by atoms with E-state index in [1.54, 1.807) is 7.05 Å². The second-order valence-electron chi connectivity index (χ2n) is 4.97. The van der Waals surface area contributed by atoms with Gasteiger partial charge in [0.1, 0.15) is 5.75 Å². The van der Waals surface area contributed by atoms with E-state index in [2.05, 4.69) is 10.6 Å². The maximum absolute atomic E-state index is 11.1. The number of hydrogen-bond donors (Lipinski definition) is 2. The van der Waals surface area contributed by atoms with Gasteiger partial charge in [-0.25, -0.2) is 0 Å². The number of hydrogen-bond acceptors (Lipinski definition) is 3. The lowest BCUT2D eigenvalue weighted by atomic mass is 9.95. The van der Waals surface area contributed by atoms with Gasteiger partial charge in [-0.2, -0.15) is 0 Å². The van der Waals surface area contributed by atoms with Gasteiger partial charge in [-0.05, 0) is 25.0 Å². The molecule has 1 aromatic rings. The average molecular weight is 262 g/mol. The van der Waals surface area contributed by atoms with Gasteiger partial charge in [0.2, 0.25) is 0 Å². The van der Waals surface area contributed by atoms with Crippen LogP contribution in [0.15, 0.2) is 24.3 Å². The molecule has 0 radical (unpaired) electrons. The molecule has 19 heavy (non-hydrogen) atoms. The molecule has 0 heterocycles. The van der Waals surface area contributed by atoms with Crippen LogP contribution in [0.1, 0.15) is 32.1 Å². The number of amides is 1. The van der Waals surface area contributed by atoms with Crippen LogP contribution in [0.5, 0.6) is 5.75 Å². The van der Waals surface area contributed by atoms with Gasteiger partial charge < -0.3 is 15.4 Å². The Morgan fingerprint density at radius 1 is 1.32 bits per heavy atom. The SMILES string of the molecule is CNC(=O)COc1cccc(NC2CCCCC2)c1. The highest BCUT2D eigenvalue weighted by molar-refractivity contribution is 5.77. The summed E-state index contributed by atoms with van der Waals surface area (Å²) >= 11 is 0. The zero-order valence-corrected chi connectivity index (χ0v) is 11.4. The minimum Gasteiger partial charge on any atom is -0.484 e. The van der Waals surface area contributed by atoms with Gasteiger partial charge in [0.15, 0.2) is 6.61 Å². The van der Waals surface area contributed by atoms with E-state index in [1.165, 1.54) is 32.1 Å². The van der Waals surface area contributed by atoms with E-state index in [0.29, 0.717) is 6.04 Å². The Labute approximate surface area is 114 Å². The van der Waals surface area contributed by atoms with Crippen LogP contribution in [0.4, 0.5) is 5.69 Å². The van der Waals surface area contributed by atoms with Crippen LogP contribution in [0.25, 0.3) is 0 Å². The van der Waals surface area contributed by atoms with Gasteiger partial charge in [0.05, 0.1) is 0 Å². The topological polar surface area (TPSA) is 50.4 Å². The molecule has 1 saturated carbocycles. The number of ether oxygens (including phenoxy) is 1. The van der Waals surface area contributed by atoms with Crippen molar-refractivity contribution >= 4 is 11.6 Å². The molecule has 1 aromatic carbocycles. The summed E-state index contributed by atoms with van der Waals surface area (Å²) in [6.45, 7) is 0.0589. The molecule has 104 valence electrons. The van der Waals surface area contributed by atoms with Crippen molar-refractivity contribution in [1.29, 1.82) is 0 Å². The van der Waals surface area contributed by atoms with Gasteiger partial charge >= 0.3 is 0 Å². The van der Waals surface area contributed by atoms with Crippen LogP contribution < -0.4 is 15.4 Å². The predicted octanol–water partition coefficient (Wildman–Crippen LogP) is 2.56. The number of likely N-dealkylation sites (N-methyl/N-ethyl adjacent to an activating group) is 1. The summed E-state index contributed by atoms with van der Waals surface area (Å²) in [5.74, 6) is 0.607. The third kappa shape index (κ3) is 4.47. The lowest BCUT2D eigenvalue weighted by molar-refractivity contribution is -0.122. The Morgan fingerprint density at radius 3 is 2.84 bits per heavy atom. The standard InChI is InChI=1S/C15H22N2O2/c1-16-15(18)11-19-14-9-5-8-13(10-14)17-12-6-3-2-4-7-12/h5,8-10,12,17H,2-4,6-7,11H2,1H3,(H,16,18). The summed E-state index contributed by atoms with van der Waals surface area (Å²) in [7, 11) is 1.60. The predicted molar refractivity (Wildman–Crippen MR) is 76.5 cm³/mol. The fourth-order valence-corrected chi connectivity index (χ4v) is 2.38. The Kier molecular flexibility index (Phi) is 5.07. The Hall–Kier alpha value is -1.71. The smallest absolute Gasteiger partial charge is 0.257 e. The van der Waals surface area contributed by atoms with Crippen LogP contribution in [0, 0.1) is 0 Å². The first-order chi connectivity index (χ1) is 9.28. The van der Waals surface area contributed by atoms with E-state index < -0.39 is 0 Å². The number of nitrogens with one attached hydrogen (secondary N) is 2. The lowest BCUT2D eigenvalue weighted by Gasteiger charge is -2.24. The molecular weight excluding hydrogens is 240 g/mol. The molecule has 0 unspecified atom stereocenters. The summed E-state index contributed by atoms with van der Waals surface area (Å²) in [5.41, 5.74) is 1.07. The zero-order chi connectivity index (χ0) is 13.5. The molecule has 0 saturated heterocycles. The van der Waals surface area contributed by atoms with Crippen molar-refractivity contribution in [3.8, 4) is 5.75 Å². The molecule has 1 amide bonds.